The van der Waals surface area contributed by atoms with Crippen molar-refractivity contribution in [2.24, 2.45) is 7.05 Å². The summed E-state index contributed by atoms with van der Waals surface area (Å²) in [5, 5.41) is 6.65. The van der Waals surface area contributed by atoms with Crippen LogP contribution in [-0.2, 0) is 11.8 Å². The Balaban J connectivity index is 2.30. The average molecular weight is 333 g/mol. The monoisotopic (exact) mass is 333 g/mol. The number of aromatic nitrogens is 2. The van der Waals surface area contributed by atoms with Crippen molar-refractivity contribution in [3.63, 3.8) is 0 Å². The summed E-state index contributed by atoms with van der Waals surface area (Å²) in [6.07, 6.45) is 1.35. The maximum Gasteiger partial charge on any atom is 0.343 e. The molecular formula is C16H19N3O5. The molecule has 1 heterocycles. The standard InChI is InChI=1S/C16H19N3O5/c1-5-24-16(21)13-9-17-19(2)14(13)18-15(20)10-6-11(22-3)8-12(7-10)23-4/h6-9H,5H2,1-4H3,(H,18,20). The molecule has 1 amide bonds. The number of rotatable bonds is 6. The fourth-order valence-corrected chi connectivity index (χ4v) is 2.06. The van der Waals surface area contributed by atoms with Crippen LogP contribution in [0.25, 0.3) is 0 Å². The van der Waals surface area contributed by atoms with Crippen molar-refractivity contribution >= 4 is 17.7 Å². The number of amides is 1. The number of hydrogen-bond donors (Lipinski definition) is 1. The summed E-state index contributed by atoms with van der Waals surface area (Å²) in [6, 6.07) is 4.79. The topological polar surface area (TPSA) is 91.7 Å². The zero-order valence-corrected chi connectivity index (χ0v) is 14.0. The zero-order chi connectivity index (χ0) is 17.7. The summed E-state index contributed by atoms with van der Waals surface area (Å²) in [4.78, 5) is 24.4. The molecule has 0 radical (unpaired) electrons. The van der Waals surface area contributed by atoms with Crippen molar-refractivity contribution < 1.29 is 23.8 Å². The quantitative estimate of drug-likeness (QED) is 0.811. The number of carbonyl (C=O) groups is 2. The number of ether oxygens (including phenoxy) is 3. The predicted molar refractivity (Wildman–Crippen MR) is 86.7 cm³/mol. The van der Waals surface area contributed by atoms with Crippen LogP contribution in [0.3, 0.4) is 0 Å². The second kappa shape index (κ2) is 7.49. The fraction of sp³-hybridized carbons (Fsp3) is 0.312. The molecule has 0 saturated carbocycles. The van der Waals surface area contributed by atoms with E-state index in [2.05, 4.69) is 10.4 Å². The Morgan fingerprint density at radius 2 is 1.79 bits per heavy atom. The molecule has 0 unspecified atom stereocenters. The molecule has 8 nitrogen and oxygen atoms in total. The van der Waals surface area contributed by atoms with Crippen molar-refractivity contribution in [2.45, 2.75) is 6.92 Å². The van der Waals surface area contributed by atoms with Crippen LogP contribution in [0.4, 0.5) is 5.82 Å². The molecule has 0 aliphatic heterocycles. The van der Waals surface area contributed by atoms with Gasteiger partial charge in [0, 0.05) is 18.7 Å². The Bertz CT molecular complexity index is 732. The van der Waals surface area contributed by atoms with Crippen LogP contribution in [-0.4, -0.2) is 42.5 Å². The lowest BCUT2D eigenvalue weighted by Crippen LogP contribution is -2.17. The van der Waals surface area contributed by atoms with E-state index < -0.39 is 11.9 Å². The number of nitrogens with one attached hydrogen (secondary N) is 1. The number of anilines is 1. The number of hydrogen-bond acceptors (Lipinski definition) is 6. The molecule has 1 aromatic heterocycles. The van der Waals surface area contributed by atoms with Gasteiger partial charge in [0.05, 0.1) is 27.0 Å². The van der Waals surface area contributed by atoms with E-state index in [0.29, 0.717) is 17.1 Å². The third-order valence-electron chi connectivity index (χ3n) is 3.28. The second-order valence-corrected chi connectivity index (χ2v) is 4.81. The second-order valence-electron chi connectivity index (χ2n) is 4.81. The minimum absolute atomic E-state index is 0.183. The molecule has 0 spiro atoms. The van der Waals surface area contributed by atoms with E-state index in [-0.39, 0.29) is 18.0 Å². The molecule has 0 aliphatic carbocycles. The summed E-state index contributed by atoms with van der Waals surface area (Å²) in [6.45, 7) is 1.93. The maximum absolute atomic E-state index is 12.5. The number of esters is 1. The first-order valence-electron chi connectivity index (χ1n) is 7.23. The SMILES string of the molecule is CCOC(=O)c1cnn(C)c1NC(=O)c1cc(OC)cc(OC)c1. The molecule has 1 aromatic carbocycles. The zero-order valence-electron chi connectivity index (χ0n) is 14.0. The van der Waals surface area contributed by atoms with Gasteiger partial charge >= 0.3 is 5.97 Å². The minimum Gasteiger partial charge on any atom is -0.497 e. The van der Waals surface area contributed by atoms with Gasteiger partial charge in [-0.25, -0.2) is 4.79 Å². The van der Waals surface area contributed by atoms with Gasteiger partial charge in [-0.2, -0.15) is 5.10 Å². The highest BCUT2D eigenvalue weighted by atomic mass is 16.5. The van der Waals surface area contributed by atoms with Crippen molar-refractivity contribution in [1.29, 1.82) is 0 Å². The van der Waals surface area contributed by atoms with Gasteiger partial charge in [0.1, 0.15) is 22.9 Å². The number of methoxy groups -OCH3 is 2. The van der Waals surface area contributed by atoms with Crippen LogP contribution in [0.2, 0.25) is 0 Å². The normalized spacial score (nSPS) is 10.2. The molecule has 0 bridgehead atoms. The summed E-state index contributed by atoms with van der Waals surface area (Å²) in [7, 11) is 4.61. The smallest absolute Gasteiger partial charge is 0.343 e. The van der Waals surface area contributed by atoms with E-state index in [9.17, 15) is 9.59 Å². The first kappa shape index (κ1) is 17.3. The largest absolute Gasteiger partial charge is 0.497 e. The van der Waals surface area contributed by atoms with E-state index >= 15 is 0 Å². The lowest BCUT2D eigenvalue weighted by molar-refractivity contribution is 0.0527. The lowest BCUT2D eigenvalue weighted by atomic mass is 10.2. The Labute approximate surface area is 139 Å². The molecule has 2 aromatic rings. The Hall–Kier alpha value is -3.03. The van der Waals surface area contributed by atoms with Crippen LogP contribution < -0.4 is 14.8 Å². The number of aryl methyl sites for hydroxylation is 1. The summed E-state index contributed by atoms with van der Waals surface area (Å²) in [5.41, 5.74) is 0.504. The number of carbonyl (C=O) groups excluding carboxylic acids is 2. The third kappa shape index (κ3) is 3.65. The number of nitrogens with zero attached hydrogens (tertiary/aromatic N) is 2. The van der Waals surface area contributed by atoms with Gasteiger partial charge in [0.15, 0.2) is 0 Å². The average Bonchev–Trinajstić information content (AvgIpc) is 2.95. The van der Waals surface area contributed by atoms with E-state index in [4.69, 9.17) is 14.2 Å². The van der Waals surface area contributed by atoms with Crippen molar-refractivity contribution in [2.75, 3.05) is 26.1 Å². The number of benzene rings is 1. The first-order chi connectivity index (χ1) is 11.5. The van der Waals surface area contributed by atoms with Gasteiger partial charge in [-0.3, -0.25) is 9.48 Å². The Morgan fingerprint density at radius 3 is 2.33 bits per heavy atom. The molecule has 0 saturated heterocycles. The Morgan fingerprint density at radius 1 is 1.17 bits per heavy atom. The van der Waals surface area contributed by atoms with Crippen LogP contribution in [0.1, 0.15) is 27.6 Å². The van der Waals surface area contributed by atoms with Crippen LogP contribution in [0.15, 0.2) is 24.4 Å². The molecule has 0 aliphatic rings. The van der Waals surface area contributed by atoms with Gasteiger partial charge < -0.3 is 19.5 Å². The molecule has 8 heteroatoms. The van der Waals surface area contributed by atoms with Gasteiger partial charge in [-0.15, -0.1) is 0 Å². The van der Waals surface area contributed by atoms with Crippen molar-refractivity contribution in [1.82, 2.24) is 9.78 Å². The molecule has 2 rings (SSSR count). The van der Waals surface area contributed by atoms with Crippen molar-refractivity contribution in [3.05, 3.63) is 35.5 Å². The molecule has 24 heavy (non-hydrogen) atoms. The molecule has 0 fully saturated rings. The van der Waals surface area contributed by atoms with Crippen LogP contribution >= 0.6 is 0 Å². The molecular weight excluding hydrogens is 314 g/mol. The van der Waals surface area contributed by atoms with Gasteiger partial charge in [-0.1, -0.05) is 0 Å². The van der Waals surface area contributed by atoms with E-state index in [1.807, 2.05) is 0 Å². The minimum atomic E-state index is -0.552. The summed E-state index contributed by atoms with van der Waals surface area (Å²) in [5.74, 6) is 0.232. The highest BCUT2D eigenvalue weighted by Gasteiger charge is 2.20. The van der Waals surface area contributed by atoms with Gasteiger partial charge in [-0.05, 0) is 19.1 Å². The molecule has 128 valence electrons. The van der Waals surface area contributed by atoms with Crippen LogP contribution in [0.5, 0.6) is 11.5 Å². The molecule has 0 atom stereocenters. The van der Waals surface area contributed by atoms with Gasteiger partial charge in [0.25, 0.3) is 5.91 Å². The predicted octanol–water partition coefficient (Wildman–Crippen LogP) is 1.87. The first-order valence-corrected chi connectivity index (χ1v) is 7.23. The third-order valence-corrected chi connectivity index (χ3v) is 3.28. The van der Waals surface area contributed by atoms with Gasteiger partial charge in [0.2, 0.25) is 0 Å². The lowest BCUT2D eigenvalue weighted by Gasteiger charge is -2.10. The summed E-state index contributed by atoms with van der Waals surface area (Å²) < 4.78 is 16.6. The maximum atomic E-state index is 12.5. The van der Waals surface area contributed by atoms with Crippen molar-refractivity contribution in [3.8, 4) is 11.5 Å². The van der Waals surface area contributed by atoms with E-state index in [1.54, 1.807) is 32.2 Å². The highest BCUT2D eigenvalue weighted by molar-refractivity contribution is 6.07. The van der Waals surface area contributed by atoms with Crippen LogP contribution in [0, 0.1) is 0 Å². The molecule has 1 N–H and O–H groups in total. The summed E-state index contributed by atoms with van der Waals surface area (Å²) >= 11 is 0. The fourth-order valence-electron chi connectivity index (χ4n) is 2.06. The Kier molecular flexibility index (Phi) is 5.41. The highest BCUT2D eigenvalue weighted by Crippen LogP contribution is 2.24. The van der Waals surface area contributed by atoms with E-state index in [1.165, 1.54) is 25.1 Å². The van der Waals surface area contributed by atoms with E-state index in [0.717, 1.165) is 0 Å².